The molecule has 0 aliphatic rings. The number of hydrogen-bond donors (Lipinski definition) is 0. The van der Waals surface area contributed by atoms with Crippen LogP contribution < -0.4 is 0 Å². The molecule has 5 heteroatoms. The second kappa shape index (κ2) is 8.09. The van der Waals surface area contributed by atoms with E-state index in [9.17, 15) is 10.1 Å². The van der Waals surface area contributed by atoms with Crippen molar-refractivity contribution in [3.63, 3.8) is 0 Å². The normalized spacial score (nSPS) is 9.94. The van der Waals surface area contributed by atoms with Gasteiger partial charge in [-0.15, -0.1) is 0 Å². The van der Waals surface area contributed by atoms with Crippen molar-refractivity contribution in [3.8, 4) is 18.2 Å². The standard InChI is InChI=1S/C13H18N4O/c1-3-5-13(11-16,6-4-2)12(18)17(9-7-14)10-8-15/h3-6,9-10H2,1-2H3. The minimum absolute atomic E-state index is 0.150. The second-order valence-corrected chi connectivity index (χ2v) is 4.17. The smallest absolute Gasteiger partial charge is 0.244 e. The average Bonchev–Trinajstić information content (AvgIpc) is 2.37. The van der Waals surface area contributed by atoms with E-state index in [1.54, 1.807) is 0 Å². The number of carbonyl (C=O) groups is 1. The molecule has 0 aromatic heterocycles. The highest BCUT2D eigenvalue weighted by Crippen LogP contribution is 2.31. The molecule has 0 unspecified atom stereocenters. The van der Waals surface area contributed by atoms with Crippen molar-refractivity contribution in [2.24, 2.45) is 5.41 Å². The maximum atomic E-state index is 12.4. The van der Waals surface area contributed by atoms with Gasteiger partial charge >= 0.3 is 0 Å². The van der Waals surface area contributed by atoms with Gasteiger partial charge in [0.05, 0.1) is 18.2 Å². The maximum absolute atomic E-state index is 12.4. The topological polar surface area (TPSA) is 91.7 Å². The Bertz CT molecular complexity index is 375. The highest BCUT2D eigenvalue weighted by molar-refractivity contribution is 5.85. The van der Waals surface area contributed by atoms with Gasteiger partial charge in [-0.3, -0.25) is 4.79 Å². The van der Waals surface area contributed by atoms with E-state index < -0.39 is 11.3 Å². The molecular weight excluding hydrogens is 228 g/mol. The Morgan fingerprint density at radius 2 is 1.50 bits per heavy atom. The molecule has 0 rings (SSSR count). The first-order valence-electron chi connectivity index (χ1n) is 6.06. The van der Waals surface area contributed by atoms with Crippen molar-refractivity contribution in [1.82, 2.24) is 4.90 Å². The third-order valence-electron chi connectivity index (χ3n) is 2.79. The summed E-state index contributed by atoms with van der Waals surface area (Å²) in [6, 6.07) is 5.82. The molecule has 0 radical (unpaired) electrons. The van der Waals surface area contributed by atoms with Crippen LogP contribution in [-0.4, -0.2) is 23.9 Å². The Morgan fingerprint density at radius 3 is 1.78 bits per heavy atom. The lowest BCUT2D eigenvalue weighted by atomic mass is 9.79. The van der Waals surface area contributed by atoms with Crippen LogP contribution >= 0.6 is 0 Å². The predicted octanol–water partition coefficient (Wildman–Crippen LogP) is 1.97. The van der Waals surface area contributed by atoms with Crippen molar-refractivity contribution in [2.45, 2.75) is 39.5 Å². The van der Waals surface area contributed by atoms with Crippen LogP contribution in [0.25, 0.3) is 0 Å². The molecule has 0 aliphatic heterocycles. The van der Waals surface area contributed by atoms with Gasteiger partial charge in [0.1, 0.15) is 18.5 Å². The first-order valence-corrected chi connectivity index (χ1v) is 6.06. The molecule has 0 aromatic rings. The van der Waals surface area contributed by atoms with E-state index in [2.05, 4.69) is 6.07 Å². The maximum Gasteiger partial charge on any atom is 0.244 e. The zero-order chi connectivity index (χ0) is 14.0. The number of nitriles is 3. The van der Waals surface area contributed by atoms with Gasteiger partial charge in [-0.2, -0.15) is 15.8 Å². The van der Waals surface area contributed by atoms with E-state index >= 15 is 0 Å². The molecule has 96 valence electrons. The summed E-state index contributed by atoms with van der Waals surface area (Å²) in [5.41, 5.74) is -1.09. The van der Waals surface area contributed by atoms with Crippen LogP contribution in [0, 0.1) is 39.4 Å². The van der Waals surface area contributed by atoms with Crippen LogP contribution in [0.5, 0.6) is 0 Å². The van der Waals surface area contributed by atoms with Crippen LogP contribution in [0.4, 0.5) is 0 Å². The fourth-order valence-electron chi connectivity index (χ4n) is 2.02. The minimum Gasteiger partial charge on any atom is -0.315 e. The fraction of sp³-hybridized carbons (Fsp3) is 0.692. The summed E-state index contributed by atoms with van der Waals surface area (Å²) in [4.78, 5) is 13.5. The molecule has 0 heterocycles. The van der Waals surface area contributed by atoms with Crippen molar-refractivity contribution in [2.75, 3.05) is 13.1 Å². The van der Waals surface area contributed by atoms with Gasteiger partial charge in [0, 0.05) is 0 Å². The van der Waals surface area contributed by atoms with E-state index in [4.69, 9.17) is 10.5 Å². The Kier molecular flexibility index (Phi) is 7.17. The van der Waals surface area contributed by atoms with Gasteiger partial charge in [-0.05, 0) is 12.8 Å². The van der Waals surface area contributed by atoms with Crippen LogP contribution in [-0.2, 0) is 4.79 Å². The number of hydrogen-bond acceptors (Lipinski definition) is 4. The molecule has 5 nitrogen and oxygen atoms in total. The fourth-order valence-corrected chi connectivity index (χ4v) is 2.02. The van der Waals surface area contributed by atoms with Crippen LogP contribution in [0.1, 0.15) is 39.5 Å². The lowest BCUT2D eigenvalue weighted by Gasteiger charge is -2.29. The molecule has 0 aliphatic carbocycles. The van der Waals surface area contributed by atoms with E-state index in [1.165, 1.54) is 0 Å². The lowest BCUT2D eigenvalue weighted by Crippen LogP contribution is -2.43. The molecule has 0 saturated carbocycles. The SMILES string of the molecule is CCCC(C#N)(CCC)C(=O)N(CC#N)CC#N. The summed E-state index contributed by atoms with van der Waals surface area (Å²) in [5.74, 6) is -0.392. The van der Waals surface area contributed by atoms with Gasteiger partial charge in [0.25, 0.3) is 0 Å². The monoisotopic (exact) mass is 246 g/mol. The number of rotatable bonds is 7. The van der Waals surface area contributed by atoms with Crippen molar-refractivity contribution in [3.05, 3.63) is 0 Å². The number of carbonyl (C=O) groups excluding carboxylic acids is 1. The summed E-state index contributed by atoms with van der Waals surface area (Å²) in [5, 5.41) is 26.7. The zero-order valence-electron chi connectivity index (χ0n) is 10.9. The Balaban J connectivity index is 5.22. The zero-order valence-corrected chi connectivity index (χ0v) is 10.9. The van der Waals surface area contributed by atoms with Crippen molar-refractivity contribution >= 4 is 5.91 Å². The molecule has 1 amide bonds. The lowest BCUT2D eigenvalue weighted by molar-refractivity contribution is -0.138. The van der Waals surface area contributed by atoms with E-state index in [0.717, 1.165) is 4.90 Å². The first kappa shape index (κ1) is 15.9. The van der Waals surface area contributed by atoms with Gasteiger partial charge in [-0.25, -0.2) is 0 Å². The molecule has 18 heavy (non-hydrogen) atoms. The van der Waals surface area contributed by atoms with Gasteiger partial charge < -0.3 is 4.90 Å². The average molecular weight is 246 g/mol. The second-order valence-electron chi connectivity index (χ2n) is 4.17. The number of nitrogens with zero attached hydrogens (tertiary/aromatic N) is 4. The minimum atomic E-state index is -1.09. The number of amides is 1. The van der Waals surface area contributed by atoms with Crippen molar-refractivity contribution < 1.29 is 4.79 Å². The third kappa shape index (κ3) is 3.75. The van der Waals surface area contributed by atoms with Crippen molar-refractivity contribution in [1.29, 1.82) is 15.8 Å². The van der Waals surface area contributed by atoms with Crippen LogP contribution in [0.3, 0.4) is 0 Å². The third-order valence-corrected chi connectivity index (χ3v) is 2.79. The Hall–Kier alpha value is -2.06. The molecular formula is C13H18N4O. The molecule has 0 aromatic carbocycles. The Labute approximate surface area is 108 Å². The molecule has 0 saturated heterocycles. The van der Waals surface area contributed by atoms with Gasteiger partial charge in [0.15, 0.2) is 0 Å². The summed E-state index contributed by atoms with van der Waals surface area (Å²) in [6.07, 6.45) is 2.35. The molecule has 0 fully saturated rings. The molecule has 0 spiro atoms. The van der Waals surface area contributed by atoms with E-state index in [-0.39, 0.29) is 13.1 Å². The largest absolute Gasteiger partial charge is 0.315 e. The van der Waals surface area contributed by atoms with E-state index in [1.807, 2.05) is 26.0 Å². The molecule has 0 atom stereocenters. The predicted molar refractivity (Wildman–Crippen MR) is 65.7 cm³/mol. The Morgan fingerprint density at radius 1 is 1.06 bits per heavy atom. The highest BCUT2D eigenvalue weighted by atomic mass is 16.2. The molecule has 0 N–H and O–H groups in total. The highest BCUT2D eigenvalue weighted by Gasteiger charge is 2.39. The summed E-state index contributed by atoms with van der Waals surface area (Å²) in [6.45, 7) is 3.52. The van der Waals surface area contributed by atoms with Crippen LogP contribution in [0.2, 0.25) is 0 Å². The summed E-state index contributed by atoms with van der Waals surface area (Å²) in [7, 11) is 0. The quantitative estimate of drug-likeness (QED) is 0.642. The van der Waals surface area contributed by atoms with Crippen LogP contribution in [0.15, 0.2) is 0 Å². The van der Waals surface area contributed by atoms with E-state index in [0.29, 0.717) is 25.7 Å². The van der Waals surface area contributed by atoms with Gasteiger partial charge in [0.2, 0.25) is 5.91 Å². The summed E-state index contributed by atoms with van der Waals surface area (Å²) >= 11 is 0. The van der Waals surface area contributed by atoms with Gasteiger partial charge in [-0.1, -0.05) is 26.7 Å². The first-order chi connectivity index (χ1) is 8.61. The summed E-state index contributed by atoms with van der Waals surface area (Å²) < 4.78 is 0. The molecule has 0 bridgehead atoms.